The summed E-state index contributed by atoms with van der Waals surface area (Å²) in [6, 6.07) is 3.66. The molecule has 138 valence electrons. The number of carbonyl (C=O) groups excluding carboxylic acids is 3. The summed E-state index contributed by atoms with van der Waals surface area (Å²) in [4.78, 5) is 36.5. The summed E-state index contributed by atoms with van der Waals surface area (Å²) in [5, 5.41) is 2.65. The Kier molecular flexibility index (Phi) is 7.61. The highest BCUT2D eigenvalue weighted by Crippen LogP contribution is 2.27. The molecule has 1 saturated heterocycles. The zero-order valence-electron chi connectivity index (χ0n) is 15.9. The largest absolute Gasteiger partial charge is 0.442 e. The summed E-state index contributed by atoms with van der Waals surface area (Å²) in [5.41, 5.74) is 3.14. The van der Waals surface area contributed by atoms with E-state index in [1.165, 1.54) is 11.8 Å². The number of carbonyl (C=O) groups is 3. The summed E-state index contributed by atoms with van der Waals surface area (Å²) < 4.78 is 5.26. The van der Waals surface area contributed by atoms with E-state index in [1.54, 1.807) is 0 Å². The van der Waals surface area contributed by atoms with Crippen LogP contribution in [0, 0.1) is 13.8 Å². The molecule has 1 N–H and O–H groups in total. The zero-order valence-corrected chi connectivity index (χ0v) is 15.9. The average molecular weight is 348 g/mol. The number of amides is 2. The van der Waals surface area contributed by atoms with Crippen LogP contribution < -0.4 is 10.2 Å². The van der Waals surface area contributed by atoms with Gasteiger partial charge in [0.25, 0.3) is 0 Å². The molecule has 1 atom stereocenters. The average Bonchev–Trinajstić information content (AvgIpc) is 2.94. The number of ether oxygens (including phenoxy) is 1. The first-order chi connectivity index (χ1) is 11.8. The highest BCUT2D eigenvalue weighted by atomic mass is 16.6. The molecule has 1 aliphatic heterocycles. The number of benzene rings is 1. The van der Waals surface area contributed by atoms with E-state index in [0.717, 1.165) is 16.7 Å². The smallest absolute Gasteiger partial charge is 0.414 e. The van der Waals surface area contributed by atoms with Crippen LogP contribution in [0.3, 0.4) is 0 Å². The molecule has 0 radical (unpaired) electrons. The van der Waals surface area contributed by atoms with Crippen molar-refractivity contribution in [2.45, 2.75) is 54.1 Å². The third kappa shape index (κ3) is 5.05. The first kappa shape index (κ1) is 20.7. The molecule has 0 saturated carbocycles. The van der Waals surface area contributed by atoms with Crippen LogP contribution in [-0.2, 0) is 9.53 Å². The molecule has 0 aliphatic carbocycles. The van der Waals surface area contributed by atoms with E-state index in [9.17, 15) is 14.4 Å². The summed E-state index contributed by atoms with van der Waals surface area (Å²) >= 11 is 0. The van der Waals surface area contributed by atoms with Gasteiger partial charge in [-0.3, -0.25) is 14.5 Å². The van der Waals surface area contributed by atoms with Crippen molar-refractivity contribution in [1.29, 1.82) is 0 Å². The second-order valence-electron chi connectivity index (χ2n) is 5.78. The van der Waals surface area contributed by atoms with Gasteiger partial charge in [-0.2, -0.15) is 0 Å². The highest BCUT2D eigenvalue weighted by Gasteiger charge is 2.32. The Hall–Kier alpha value is -2.37. The van der Waals surface area contributed by atoms with E-state index in [1.807, 2.05) is 46.8 Å². The van der Waals surface area contributed by atoms with Crippen molar-refractivity contribution in [3.8, 4) is 0 Å². The van der Waals surface area contributed by atoms with E-state index in [2.05, 4.69) is 5.32 Å². The predicted molar refractivity (Wildman–Crippen MR) is 98.2 cm³/mol. The number of ketones is 1. The van der Waals surface area contributed by atoms with Gasteiger partial charge < -0.3 is 10.1 Å². The lowest BCUT2D eigenvalue weighted by molar-refractivity contribution is -0.119. The number of hydrogen-bond donors (Lipinski definition) is 1. The number of cyclic esters (lactones) is 1. The Bertz CT molecular complexity index is 632. The SMILES string of the molecule is CC.CCC(=O)c1c(C)cc(N2CC(CNC(C)=O)OC2=O)cc1C. The Labute approximate surface area is 149 Å². The van der Waals surface area contributed by atoms with Gasteiger partial charge in [-0.25, -0.2) is 4.79 Å². The van der Waals surface area contributed by atoms with Gasteiger partial charge in [0.1, 0.15) is 6.10 Å². The van der Waals surface area contributed by atoms with E-state index in [-0.39, 0.29) is 17.8 Å². The quantitative estimate of drug-likeness (QED) is 0.828. The Morgan fingerprint density at radius 2 is 1.80 bits per heavy atom. The second-order valence-corrected chi connectivity index (χ2v) is 5.78. The lowest BCUT2D eigenvalue weighted by atomic mass is 9.96. The Morgan fingerprint density at radius 1 is 1.24 bits per heavy atom. The molecule has 2 amide bonds. The number of hydrogen-bond acceptors (Lipinski definition) is 4. The summed E-state index contributed by atoms with van der Waals surface area (Å²) in [7, 11) is 0. The monoisotopic (exact) mass is 348 g/mol. The lowest BCUT2D eigenvalue weighted by Crippen LogP contribution is -2.33. The molecule has 2 rings (SSSR count). The van der Waals surface area contributed by atoms with Crippen LogP contribution in [0.25, 0.3) is 0 Å². The Balaban J connectivity index is 0.00000151. The molecule has 1 heterocycles. The fraction of sp³-hybridized carbons (Fsp3) is 0.526. The van der Waals surface area contributed by atoms with Crippen molar-refractivity contribution in [2.75, 3.05) is 18.0 Å². The maximum atomic E-state index is 12.1. The predicted octanol–water partition coefficient (Wildman–Crippen LogP) is 3.38. The van der Waals surface area contributed by atoms with Gasteiger partial charge >= 0.3 is 6.09 Å². The minimum absolute atomic E-state index is 0.0964. The van der Waals surface area contributed by atoms with Gasteiger partial charge in [-0.15, -0.1) is 0 Å². The number of nitrogens with one attached hydrogen (secondary N) is 1. The number of rotatable bonds is 5. The van der Waals surface area contributed by atoms with Crippen LogP contribution >= 0.6 is 0 Å². The van der Waals surface area contributed by atoms with Gasteiger partial charge in [0, 0.05) is 24.6 Å². The number of nitrogens with zero attached hydrogens (tertiary/aromatic N) is 1. The molecule has 1 fully saturated rings. The van der Waals surface area contributed by atoms with Crippen molar-refractivity contribution in [3.63, 3.8) is 0 Å². The molecule has 1 aromatic rings. The van der Waals surface area contributed by atoms with Gasteiger partial charge in [0.15, 0.2) is 5.78 Å². The molecule has 6 heteroatoms. The molecule has 0 spiro atoms. The van der Waals surface area contributed by atoms with Crippen molar-refractivity contribution in [2.24, 2.45) is 0 Å². The fourth-order valence-corrected chi connectivity index (χ4v) is 2.81. The van der Waals surface area contributed by atoms with Gasteiger partial charge in [-0.05, 0) is 37.1 Å². The van der Waals surface area contributed by atoms with Crippen molar-refractivity contribution in [3.05, 3.63) is 28.8 Å². The molecule has 0 aromatic heterocycles. The van der Waals surface area contributed by atoms with Crippen molar-refractivity contribution < 1.29 is 19.1 Å². The maximum Gasteiger partial charge on any atom is 0.414 e. The van der Waals surface area contributed by atoms with Crippen molar-refractivity contribution >= 4 is 23.5 Å². The molecule has 0 bridgehead atoms. The molecular formula is C19H28N2O4. The first-order valence-electron chi connectivity index (χ1n) is 8.70. The molecule has 25 heavy (non-hydrogen) atoms. The summed E-state index contributed by atoms with van der Waals surface area (Å²) in [5.74, 6) is -0.0623. The summed E-state index contributed by atoms with van der Waals surface area (Å²) in [6.45, 7) is 11.7. The minimum atomic E-state index is -0.436. The van der Waals surface area contributed by atoms with E-state index in [0.29, 0.717) is 25.2 Å². The van der Waals surface area contributed by atoms with Crippen LogP contribution in [0.4, 0.5) is 10.5 Å². The highest BCUT2D eigenvalue weighted by molar-refractivity contribution is 6.00. The molecule has 1 aromatic carbocycles. The third-order valence-electron chi connectivity index (χ3n) is 3.88. The molecule has 1 aliphatic rings. The van der Waals surface area contributed by atoms with Crippen molar-refractivity contribution in [1.82, 2.24) is 5.32 Å². The van der Waals surface area contributed by atoms with Crippen LogP contribution in [-0.4, -0.2) is 37.0 Å². The second kappa shape index (κ2) is 9.20. The minimum Gasteiger partial charge on any atom is -0.442 e. The first-order valence-corrected chi connectivity index (χ1v) is 8.70. The summed E-state index contributed by atoms with van der Waals surface area (Å²) in [6.07, 6.45) is -0.358. The molecular weight excluding hydrogens is 320 g/mol. The topological polar surface area (TPSA) is 75.7 Å². The third-order valence-corrected chi connectivity index (χ3v) is 3.88. The van der Waals surface area contributed by atoms with E-state index >= 15 is 0 Å². The Morgan fingerprint density at radius 3 is 2.28 bits per heavy atom. The van der Waals surface area contributed by atoms with Crippen LogP contribution in [0.15, 0.2) is 12.1 Å². The molecule has 6 nitrogen and oxygen atoms in total. The van der Waals surface area contributed by atoms with Crippen LogP contribution in [0.1, 0.15) is 55.6 Å². The lowest BCUT2D eigenvalue weighted by Gasteiger charge is -2.17. The van der Waals surface area contributed by atoms with Crippen LogP contribution in [0.2, 0.25) is 0 Å². The van der Waals surface area contributed by atoms with E-state index in [4.69, 9.17) is 4.74 Å². The van der Waals surface area contributed by atoms with E-state index < -0.39 is 6.09 Å². The zero-order chi connectivity index (χ0) is 19.1. The van der Waals surface area contributed by atoms with Gasteiger partial charge in [0.05, 0.1) is 13.1 Å². The standard InChI is InChI=1S/C17H22N2O4.C2H6/c1-5-15(21)16-10(2)6-13(7-11(16)3)19-9-14(23-17(19)22)8-18-12(4)20;1-2/h6-7,14H,5,8-9H2,1-4H3,(H,18,20);1-2H3. The van der Waals surface area contributed by atoms with Crippen LogP contribution in [0.5, 0.6) is 0 Å². The fourth-order valence-electron chi connectivity index (χ4n) is 2.81. The van der Waals surface area contributed by atoms with Gasteiger partial charge in [-0.1, -0.05) is 20.8 Å². The normalized spacial score (nSPS) is 16.0. The number of aryl methyl sites for hydroxylation is 2. The maximum absolute atomic E-state index is 12.1. The number of Topliss-reactive ketones (excluding diaryl/α,β-unsaturated/α-hetero) is 1. The van der Waals surface area contributed by atoms with Gasteiger partial charge in [0.2, 0.25) is 5.91 Å². The molecule has 1 unspecified atom stereocenters. The number of anilines is 1.